The van der Waals surface area contributed by atoms with Gasteiger partial charge in [-0.3, -0.25) is 4.79 Å². The number of hydrogen-bond donors (Lipinski definition) is 0. The highest BCUT2D eigenvalue weighted by atomic mass is 79.9. The minimum atomic E-state index is 0.0415. The summed E-state index contributed by atoms with van der Waals surface area (Å²) in [6.07, 6.45) is 0. The normalized spacial score (nSPS) is 14.6. The molecule has 1 saturated heterocycles. The number of nitrogens with zero attached hydrogens (tertiary/aromatic N) is 2. The summed E-state index contributed by atoms with van der Waals surface area (Å²) in [5, 5.41) is 0.896. The van der Waals surface area contributed by atoms with Gasteiger partial charge in [0.1, 0.15) is 5.75 Å². The number of halogens is 1. The van der Waals surface area contributed by atoms with E-state index in [1.54, 1.807) is 7.11 Å². The van der Waals surface area contributed by atoms with Crippen LogP contribution in [0, 0.1) is 6.92 Å². The molecule has 2 heterocycles. The van der Waals surface area contributed by atoms with Crippen LogP contribution in [0.5, 0.6) is 5.75 Å². The SMILES string of the molecule is COc1cc2c(C(=O)N3CCOCC3)c(C)n(-c3ccccc3)c2cc1Br. The van der Waals surface area contributed by atoms with Crippen LogP contribution in [-0.2, 0) is 4.74 Å². The van der Waals surface area contributed by atoms with E-state index in [2.05, 4.69) is 20.5 Å². The molecule has 4 rings (SSSR count). The molecule has 6 heteroatoms. The van der Waals surface area contributed by atoms with Crippen molar-refractivity contribution in [1.29, 1.82) is 0 Å². The molecule has 1 aliphatic rings. The largest absolute Gasteiger partial charge is 0.496 e. The van der Waals surface area contributed by atoms with Crippen LogP contribution < -0.4 is 4.74 Å². The molecule has 0 spiro atoms. The lowest BCUT2D eigenvalue weighted by Gasteiger charge is -2.27. The highest BCUT2D eigenvalue weighted by molar-refractivity contribution is 9.10. The minimum Gasteiger partial charge on any atom is -0.496 e. The number of ether oxygens (including phenoxy) is 2. The Morgan fingerprint density at radius 3 is 2.52 bits per heavy atom. The van der Waals surface area contributed by atoms with Crippen molar-refractivity contribution in [3.05, 3.63) is 58.2 Å². The van der Waals surface area contributed by atoms with Gasteiger partial charge in [-0.2, -0.15) is 0 Å². The first-order valence-corrected chi connectivity index (χ1v) is 9.72. The average molecular weight is 429 g/mol. The predicted molar refractivity (Wildman–Crippen MR) is 109 cm³/mol. The van der Waals surface area contributed by atoms with Crippen molar-refractivity contribution in [2.45, 2.75) is 6.92 Å². The molecule has 0 atom stereocenters. The van der Waals surface area contributed by atoms with E-state index in [0.717, 1.165) is 32.3 Å². The summed E-state index contributed by atoms with van der Waals surface area (Å²) in [4.78, 5) is 15.2. The van der Waals surface area contributed by atoms with Gasteiger partial charge in [0.15, 0.2) is 0 Å². The second-order valence-electron chi connectivity index (χ2n) is 6.54. The van der Waals surface area contributed by atoms with Crippen molar-refractivity contribution in [3.63, 3.8) is 0 Å². The summed E-state index contributed by atoms with van der Waals surface area (Å²) in [5.41, 5.74) is 3.65. The predicted octanol–water partition coefficient (Wildman–Crippen LogP) is 4.18. The van der Waals surface area contributed by atoms with Crippen LogP contribution in [0.3, 0.4) is 0 Å². The van der Waals surface area contributed by atoms with Crippen LogP contribution in [0.15, 0.2) is 46.9 Å². The topological polar surface area (TPSA) is 43.7 Å². The zero-order chi connectivity index (χ0) is 19.0. The number of para-hydroxylation sites is 1. The Morgan fingerprint density at radius 1 is 1.15 bits per heavy atom. The van der Waals surface area contributed by atoms with Crippen LogP contribution in [0.1, 0.15) is 16.1 Å². The fourth-order valence-electron chi connectivity index (χ4n) is 3.68. The van der Waals surface area contributed by atoms with E-state index in [9.17, 15) is 4.79 Å². The molecule has 0 unspecified atom stereocenters. The molecule has 0 bridgehead atoms. The second-order valence-corrected chi connectivity index (χ2v) is 7.39. The third-order valence-electron chi connectivity index (χ3n) is 5.00. The highest BCUT2D eigenvalue weighted by Gasteiger charge is 2.27. The lowest BCUT2D eigenvalue weighted by molar-refractivity contribution is 0.0303. The molecule has 1 aliphatic heterocycles. The summed E-state index contributed by atoms with van der Waals surface area (Å²) < 4.78 is 13.9. The number of methoxy groups -OCH3 is 1. The van der Waals surface area contributed by atoms with Crippen LogP contribution in [-0.4, -0.2) is 48.8 Å². The maximum atomic E-state index is 13.4. The number of benzene rings is 2. The van der Waals surface area contributed by atoms with Gasteiger partial charge in [0.25, 0.3) is 5.91 Å². The fourth-order valence-corrected chi connectivity index (χ4v) is 4.17. The van der Waals surface area contributed by atoms with Gasteiger partial charge in [-0.1, -0.05) is 18.2 Å². The zero-order valence-electron chi connectivity index (χ0n) is 15.4. The first-order chi connectivity index (χ1) is 13.1. The van der Waals surface area contributed by atoms with E-state index in [0.29, 0.717) is 32.1 Å². The molecule has 2 aromatic carbocycles. The lowest BCUT2D eigenvalue weighted by Crippen LogP contribution is -2.40. The van der Waals surface area contributed by atoms with Crippen molar-refractivity contribution < 1.29 is 14.3 Å². The van der Waals surface area contributed by atoms with Gasteiger partial charge >= 0.3 is 0 Å². The third-order valence-corrected chi connectivity index (χ3v) is 5.62. The Labute approximate surface area is 166 Å². The Balaban J connectivity index is 1.97. The Bertz CT molecular complexity index is 992. The first-order valence-electron chi connectivity index (χ1n) is 8.93. The van der Waals surface area contributed by atoms with Gasteiger partial charge in [0.05, 0.1) is 35.9 Å². The quantitative estimate of drug-likeness (QED) is 0.628. The van der Waals surface area contributed by atoms with Gasteiger partial charge in [-0.05, 0) is 47.1 Å². The zero-order valence-corrected chi connectivity index (χ0v) is 17.0. The van der Waals surface area contributed by atoms with E-state index in [4.69, 9.17) is 9.47 Å². The first kappa shape index (κ1) is 18.1. The van der Waals surface area contributed by atoms with Crippen LogP contribution in [0.25, 0.3) is 16.6 Å². The van der Waals surface area contributed by atoms with Gasteiger partial charge in [0, 0.05) is 29.9 Å². The molecule has 3 aromatic rings. The molecule has 1 aromatic heterocycles. The summed E-state index contributed by atoms with van der Waals surface area (Å²) in [6, 6.07) is 14.1. The second kappa shape index (κ2) is 7.37. The van der Waals surface area contributed by atoms with Crippen molar-refractivity contribution in [2.75, 3.05) is 33.4 Å². The number of hydrogen-bond acceptors (Lipinski definition) is 3. The number of aromatic nitrogens is 1. The van der Waals surface area contributed by atoms with E-state index in [-0.39, 0.29) is 5.91 Å². The molecule has 5 nitrogen and oxygen atoms in total. The maximum Gasteiger partial charge on any atom is 0.256 e. The molecular weight excluding hydrogens is 408 g/mol. The van der Waals surface area contributed by atoms with E-state index in [1.165, 1.54) is 0 Å². The van der Waals surface area contributed by atoms with E-state index < -0.39 is 0 Å². The molecule has 140 valence electrons. The van der Waals surface area contributed by atoms with Gasteiger partial charge in [-0.25, -0.2) is 0 Å². The van der Waals surface area contributed by atoms with Gasteiger partial charge in [0.2, 0.25) is 0 Å². The molecule has 0 N–H and O–H groups in total. The lowest BCUT2D eigenvalue weighted by atomic mass is 10.1. The van der Waals surface area contributed by atoms with E-state index >= 15 is 0 Å². The van der Waals surface area contributed by atoms with Gasteiger partial charge in [-0.15, -0.1) is 0 Å². The summed E-state index contributed by atoms with van der Waals surface area (Å²) >= 11 is 3.58. The Morgan fingerprint density at radius 2 is 1.85 bits per heavy atom. The van der Waals surface area contributed by atoms with Crippen molar-refractivity contribution in [3.8, 4) is 11.4 Å². The molecular formula is C21H21BrN2O3. The minimum absolute atomic E-state index is 0.0415. The summed E-state index contributed by atoms with van der Waals surface area (Å²) in [6.45, 7) is 4.39. The maximum absolute atomic E-state index is 13.4. The molecule has 0 radical (unpaired) electrons. The third kappa shape index (κ3) is 3.13. The van der Waals surface area contributed by atoms with Crippen molar-refractivity contribution in [2.24, 2.45) is 0 Å². The molecule has 0 aliphatic carbocycles. The molecule has 1 amide bonds. The smallest absolute Gasteiger partial charge is 0.256 e. The van der Waals surface area contributed by atoms with Crippen LogP contribution >= 0.6 is 15.9 Å². The average Bonchev–Trinajstić information content (AvgIpc) is 2.98. The Hall–Kier alpha value is -2.31. The van der Waals surface area contributed by atoms with Crippen molar-refractivity contribution >= 4 is 32.7 Å². The van der Waals surface area contributed by atoms with Crippen LogP contribution in [0.2, 0.25) is 0 Å². The van der Waals surface area contributed by atoms with E-state index in [1.807, 2.05) is 54.3 Å². The molecule has 1 fully saturated rings. The number of carbonyl (C=O) groups is 1. The van der Waals surface area contributed by atoms with Crippen LogP contribution in [0.4, 0.5) is 0 Å². The van der Waals surface area contributed by atoms with Crippen molar-refractivity contribution in [1.82, 2.24) is 9.47 Å². The summed E-state index contributed by atoms with van der Waals surface area (Å²) in [7, 11) is 1.64. The number of fused-ring (bicyclic) bond motifs is 1. The monoisotopic (exact) mass is 428 g/mol. The molecule has 0 saturated carbocycles. The molecule has 27 heavy (non-hydrogen) atoms. The number of amides is 1. The number of carbonyl (C=O) groups excluding carboxylic acids is 1. The fraction of sp³-hybridized carbons (Fsp3) is 0.286. The standard InChI is InChI=1S/C21H21BrN2O3/c1-14-20(21(25)23-8-10-27-11-9-23)16-12-19(26-2)17(22)13-18(16)24(14)15-6-4-3-5-7-15/h3-7,12-13H,8-11H2,1-2H3. The van der Waals surface area contributed by atoms with Gasteiger partial charge < -0.3 is 18.9 Å². The summed E-state index contributed by atoms with van der Waals surface area (Å²) in [5.74, 6) is 0.753. The number of morpholine rings is 1. The number of rotatable bonds is 3. The Kier molecular flexibility index (Phi) is 4.93. The highest BCUT2D eigenvalue weighted by Crippen LogP contribution is 2.37.